The fraction of sp³-hybridized carbons (Fsp3) is 0. The molecule has 0 saturated heterocycles. The average molecular weight is 265 g/mol. The molecule has 0 aliphatic heterocycles. The van der Waals surface area contributed by atoms with Gasteiger partial charge in [0, 0.05) is 3.57 Å². The molecule has 0 aliphatic rings. The summed E-state index contributed by atoms with van der Waals surface area (Å²) >= 11 is 1.67. The predicted octanol–water partition coefficient (Wildman–Crippen LogP) is 3.12. The molecule has 1 aromatic carbocycles. The molecule has 1 rings (SSSR count). The highest BCUT2D eigenvalue weighted by Crippen LogP contribution is 2.23. The molecule has 1 nitrogen and oxygen atoms in total. The number of rotatable bonds is 0. The van der Waals surface area contributed by atoms with Crippen molar-refractivity contribution in [2.45, 2.75) is 0 Å². The van der Waals surface area contributed by atoms with Crippen molar-refractivity contribution in [2.75, 3.05) is 0 Å². The highest BCUT2D eigenvalue weighted by Gasteiger charge is 2.10. The Labute approximate surface area is 76.0 Å². The van der Waals surface area contributed by atoms with Crippen molar-refractivity contribution < 1.29 is 8.78 Å². The second kappa shape index (κ2) is 3.13. The van der Waals surface area contributed by atoms with E-state index < -0.39 is 11.6 Å². The van der Waals surface area contributed by atoms with Gasteiger partial charge in [-0.2, -0.15) is 0 Å². The largest absolute Gasteiger partial charge is 0.235 e. The molecular weight excluding hydrogens is 263 g/mol. The van der Waals surface area contributed by atoms with Crippen LogP contribution in [-0.4, -0.2) is 0 Å². The summed E-state index contributed by atoms with van der Waals surface area (Å²) in [7, 11) is 0. The first kappa shape index (κ1) is 8.40. The quantitative estimate of drug-likeness (QED) is 0.385. The molecule has 0 atom stereocenters. The van der Waals surface area contributed by atoms with Gasteiger partial charge in [-0.25, -0.2) is 13.6 Å². The molecule has 0 aromatic heterocycles. The zero-order valence-corrected chi connectivity index (χ0v) is 7.39. The van der Waals surface area contributed by atoms with Gasteiger partial charge in [-0.3, -0.25) is 0 Å². The molecule has 0 radical (unpaired) electrons. The summed E-state index contributed by atoms with van der Waals surface area (Å²) in [5.74, 6) is -2.01. The van der Waals surface area contributed by atoms with E-state index in [1.807, 2.05) is 0 Å². The van der Waals surface area contributed by atoms with Crippen molar-refractivity contribution in [3.63, 3.8) is 0 Å². The van der Waals surface area contributed by atoms with Gasteiger partial charge in [-0.05, 0) is 22.6 Å². The monoisotopic (exact) mass is 265 g/mol. The van der Waals surface area contributed by atoms with E-state index in [0.717, 1.165) is 0 Å². The van der Waals surface area contributed by atoms with Gasteiger partial charge in [0.2, 0.25) is 5.69 Å². The second-order valence-corrected chi connectivity index (χ2v) is 2.97. The Hall–Kier alpha value is -0.700. The van der Waals surface area contributed by atoms with Crippen molar-refractivity contribution in [1.82, 2.24) is 0 Å². The highest BCUT2D eigenvalue weighted by molar-refractivity contribution is 14.1. The average Bonchev–Trinajstić information content (AvgIpc) is 2.01. The summed E-state index contributed by atoms with van der Waals surface area (Å²) in [6.45, 7) is 6.47. The Balaban J connectivity index is 3.40. The van der Waals surface area contributed by atoms with Crippen molar-refractivity contribution >= 4 is 28.3 Å². The fourth-order valence-corrected chi connectivity index (χ4v) is 1.02. The number of hydrogen-bond acceptors (Lipinski definition) is 0. The molecule has 56 valence electrons. The Morgan fingerprint density at radius 2 is 1.91 bits per heavy atom. The lowest BCUT2D eigenvalue weighted by molar-refractivity contribution is 0.508. The van der Waals surface area contributed by atoms with Gasteiger partial charge in [-0.1, -0.05) is 12.1 Å². The molecule has 0 unspecified atom stereocenters. The fourth-order valence-electron chi connectivity index (χ4n) is 0.602. The van der Waals surface area contributed by atoms with Crippen LogP contribution in [-0.2, 0) is 0 Å². The third kappa shape index (κ3) is 1.48. The zero-order valence-electron chi connectivity index (χ0n) is 5.24. The van der Waals surface area contributed by atoms with Crippen LogP contribution in [0.4, 0.5) is 14.5 Å². The SMILES string of the molecule is [C-]#[N+]c1ccc(I)c(F)c1F. The lowest BCUT2D eigenvalue weighted by atomic mass is 10.3. The highest BCUT2D eigenvalue weighted by atomic mass is 127. The van der Waals surface area contributed by atoms with Gasteiger partial charge in [0.25, 0.3) is 0 Å². The second-order valence-electron chi connectivity index (χ2n) is 1.81. The Kier molecular flexibility index (Phi) is 2.39. The van der Waals surface area contributed by atoms with E-state index in [-0.39, 0.29) is 9.26 Å². The lowest BCUT2D eigenvalue weighted by Crippen LogP contribution is -1.86. The van der Waals surface area contributed by atoms with E-state index in [9.17, 15) is 8.78 Å². The van der Waals surface area contributed by atoms with Crippen LogP contribution in [0.2, 0.25) is 0 Å². The van der Waals surface area contributed by atoms with Gasteiger partial charge in [0.05, 0.1) is 6.57 Å². The summed E-state index contributed by atoms with van der Waals surface area (Å²) in [6, 6.07) is 2.62. The first-order chi connectivity index (χ1) is 5.16. The van der Waals surface area contributed by atoms with Crippen LogP contribution in [0.3, 0.4) is 0 Å². The normalized spacial score (nSPS) is 9.27. The van der Waals surface area contributed by atoms with E-state index in [0.29, 0.717) is 0 Å². The Morgan fingerprint density at radius 3 is 2.45 bits per heavy atom. The topological polar surface area (TPSA) is 4.36 Å². The molecule has 4 heteroatoms. The molecule has 0 N–H and O–H groups in total. The van der Waals surface area contributed by atoms with E-state index >= 15 is 0 Å². The molecule has 0 fully saturated rings. The molecule has 1 aromatic rings. The number of benzene rings is 1. The predicted molar refractivity (Wildman–Crippen MR) is 45.3 cm³/mol. The first-order valence-corrected chi connectivity index (χ1v) is 3.75. The minimum Gasteiger partial charge on any atom is -0.235 e. The van der Waals surface area contributed by atoms with E-state index in [1.54, 1.807) is 22.6 Å². The van der Waals surface area contributed by atoms with Gasteiger partial charge < -0.3 is 0 Å². The molecule has 0 spiro atoms. The van der Waals surface area contributed by atoms with Crippen LogP contribution in [0.15, 0.2) is 12.1 Å². The lowest BCUT2D eigenvalue weighted by Gasteiger charge is -1.96. The molecule has 0 saturated carbocycles. The third-order valence-corrected chi connectivity index (χ3v) is 1.97. The van der Waals surface area contributed by atoms with Gasteiger partial charge >= 0.3 is 0 Å². The van der Waals surface area contributed by atoms with Crippen LogP contribution < -0.4 is 0 Å². The maximum Gasteiger partial charge on any atom is 0.225 e. The standard InChI is InChI=1S/C7H2F2IN/c1-11-5-3-2-4(10)6(8)7(5)9/h2-3H. The minimum absolute atomic E-state index is 0.188. The summed E-state index contributed by atoms with van der Waals surface area (Å²) in [6.07, 6.45) is 0. The maximum absolute atomic E-state index is 12.7. The summed E-state index contributed by atoms with van der Waals surface area (Å²) in [4.78, 5) is 2.80. The Morgan fingerprint density at radius 1 is 1.27 bits per heavy atom. The van der Waals surface area contributed by atoms with E-state index in [2.05, 4.69) is 4.85 Å². The molecule has 0 aliphatic carbocycles. The van der Waals surface area contributed by atoms with Crippen molar-refractivity contribution in [1.29, 1.82) is 0 Å². The smallest absolute Gasteiger partial charge is 0.225 e. The summed E-state index contributed by atoms with van der Waals surface area (Å²) in [5.41, 5.74) is -0.275. The van der Waals surface area contributed by atoms with Crippen LogP contribution >= 0.6 is 22.6 Å². The summed E-state index contributed by atoms with van der Waals surface area (Å²) < 4.78 is 25.5. The molecule has 11 heavy (non-hydrogen) atoms. The third-order valence-electron chi connectivity index (χ3n) is 1.14. The number of nitrogens with zero attached hydrogens (tertiary/aromatic N) is 1. The van der Waals surface area contributed by atoms with Gasteiger partial charge in [0.15, 0.2) is 11.6 Å². The molecule has 0 bridgehead atoms. The van der Waals surface area contributed by atoms with Gasteiger partial charge in [-0.15, -0.1) is 0 Å². The van der Waals surface area contributed by atoms with Crippen molar-refractivity contribution in [3.8, 4) is 0 Å². The van der Waals surface area contributed by atoms with Crippen LogP contribution in [0, 0.1) is 21.8 Å². The van der Waals surface area contributed by atoms with Crippen LogP contribution in [0.25, 0.3) is 4.85 Å². The maximum atomic E-state index is 12.7. The Bertz CT molecular complexity index is 330. The molecule has 0 amide bonds. The van der Waals surface area contributed by atoms with Crippen molar-refractivity contribution in [2.24, 2.45) is 0 Å². The molecule has 0 heterocycles. The van der Waals surface area contributed by atoms with Crippen molar-refractivity contribution in [3.05, 3.63) is 38.8 Å². The summed E-state index contributed by atoms with van der Waals surface area (Å²) in [5, 5.41) is 0. The minimum atomic E-state index is -1.06. The zero-order chi connectivity index (χ0) is 8.43. The van der Waals surface area contributed by atoms with E-state index in [4.69, 9.17) is 6.57 Å². The number of halogens is 3. The number of hydrogen-bond donors (Lipinski definition) is 0. The van der Waals surface area contributed by atoms with Gasteiger partial charge in [0.1, 0.15) is 0 Å². The van der Waals surface area contributed by atoms with Crippen LogP contribution in [0.5, 0.6) is 0 Å². The first-order valence-electron chi connectivity index (χ1n) is 2.67. The van der Waals surface area contributed by atoms with Crippen LogP contribution in [0.1, 0.15) is 0 Å². The van der Waals surface area contributed by atoms with E-state index in [1.165, 1.54) is 12.1 Å². The molecular formula is C7H2F2IN.